The molecule has 0 bridgehead atoms. The van der Waals surface area contributed by atoms with Gasteiger partial charge in [-0.25, -0.2) is 0 Å². The summed E-state index contributed by atoms with van der Waals surface area (Å²) in [5.41, 5.74) is 3.41. The number of unbranched alkanes of at least 4 members (excludes halogenated alkanes) is 1. The van der Waals surface area contributed by atoms with Crippen molar-refractivity contribution in [1.29, 1.82) is 0 Å². The molecule has 0 saturated heterocycles. The Hall–Kier alpha value is -2.46. The van der Waals surface area contributed by atoms with Crippen LogP contribution in [0.4, 0.5) is 0 Å². The Kier molecular flexibility index (Phi) is 7.71. The number of aryl methyl sites for hydroxylation is 1. The van der Waals surface area contributed by atoms with Gasteiger partial charge in [0.2, 0.25) is 0 Å². The van der Waals surface area contributed by atoms with Crippen LogP contribution in [0, 0.1) is 11.8 Å². The third-order valence-corrected chi connectivity index (χ3v) is 3.76. The number of allylic oxidation sites excluding steroid dienone is 2. The Morgan fingerprint density at radius 1 is 0.917 bits per heavy atom. The normalized spacial score (nSPS) is 10.4. The largest absolute Gasteiger partial charge is 0.494 e. The highest BCUT2D eigenvalue weighted by molar-refractivity contribution is 5.44. The van der Waals surface area contributed by atoms with E-state index in [0.29, 0.717) is 0 Å². The molecule has 124 valence electrons. The smallest absolute Gasteiger partial charge is 0.119 e. The van der Waals surface area contributed by atoms with Crippen molar-refractivity contribution < 1.29 is 4.74 Å². The van der Waals surface area contributed by atoms with Crippen molar-refractivity contribution in [2.45, 2.75) is 39.5 Å². The molecule has 0 N–H and O–H groups in total. The van der Waals surface area contributed by atoms with E-state index < -0.39 is 0 Å². The first-order valence-electron chi connectivity index (χ1n) is 8.77. The summed E-state index contributed by atoms with van der Waals surface area (Å²) >= 11 is 0. The summed E-state index contributed by atoms with van der Waals surface area (Å²) in [6.07, 6.45) is 8.71. The highest BCUT2D eigenvalue weighted by atomic mass is 16.5. The van der Waals surface area contributed by atoms with Crippen LogP contribution in [-0.2, 0) is 6.42 Å². The van der Waals surface area contributed by atoms with Gasteiger partial charge in [0.25, 0.3) is 0 Å². The van der Waals surface area contributed by atoms with E-state index >= 15 is 0 Å². The van der Waals surface area contributed by atoms with Gasteiger partial charge in [-0.05, 0) is 68.1 Å². The van der Waals surface area contributed by atoms with Crippen molar-refractivity contribution in [3.8, 4) is 17.6 Å². The molecular formula is C23H26O. The highest BCUT2D eigenvalue weighted by Crippen LogP contribution is 2.12. The fraction of sp³-hybridized carbons (Fsp3) is 0.304. The summed E-state index contributed by atoms with van der Waals surface area (Å²) in [6, 6.07) is 16.5. The lowest BCUT2D eigenvalue weighted by molar-refractivity contribution is 0.309. The summed E-state index contributed by atoms with van der Waals surface area (Å²) in [5, 5.41) is 0. The number of hydrogen-bond acceptors (Lipinski definition) is 1. The number of benzene rings is 2. The molecule has 2 aromatic carbocycles. The topological polar surface area (TPSA) is 9.23 Å². The van der Waals surface area contributed by atoms with Crippen molar-refractivity contribution in [1.82, 2.24) is 0 Å². The van der Waals surface area contributed by atoms with Crippen LogP contribution < -0.4 is 4.74 Å². The Bertz CT molecular complexity index is 682. The molecule has 2 rings (SSSR count). The minimum absolute atomic E-state index is 0.780. The molecule has 0 amide bonds. The maximum absolute atomic E-state index is 5.66. The van der Waals surface area contributed by atoms with Crippen molar-refractivity contribution in [2.24, 2.45) is 0 Å². The molecule has 0 aromatic heterocycles. The average molecular weight is 318 g/mol. The van der Waals surface area contributed by atoms with Gasteiger partial charge >= 0.3 is 0 Å². The first-order valence-corrected chi connectivity index (χ1v) is 8.77. The van der Waals surface area contributed by atoms with Crippen molar-refractivity contribution in [3.63, 3.8) is 0 Å². The van der Waals surface area contributed by atoms with Crippen LogP contribution in [0.1, 0.15) is 49.8 Å². The van der Waals surface area contributed by atoms with Crippen molar-refractivity contribution in [3.05, 3.63) is 77.4 Å². The van der Waals surface area contributed by atoms with E-state index in [-0.39, 0.29) is 0 Å². The fourth-order valence-corrected chi connectivity index (χ4v) is 2.28. The highest BCUT2D eigenvalue weighted by Gasteiger charge is 1.94. The predicted octanol–water partition coefficient (Wildman–Crippen LogP) is 5.77. The van der Waals surface area contributed by atoms with Crippen LogP contribution in [0.3, 0.4) is 0 Å². The van der Waals surface area contributed by atoms with Gasteiger partial charge in [-0.2, -0.15) is 0 Å². The molecule has 0 saturated carbocycles. The Balaban J connectivity index is 1.91. The molecule has 0 atom stereocenters. The lowest BCUT2D eigenvalue weighted by Gasteiger charge is -2.04. The van der Waals surface area contributed by atoms with E-state index in [1.54, 1.807) is 0 Å². The summed E-state index contributed by atoms with van der Waals surface area (Å²) in [6.45, 7) is 5.00. The van der Waals surface area contributed by atoms with Crippen molar-refractivity contribution in [2.75, 3.05) is 6.61 Å². The Labute approximate surface area is 146 Å². The summed E-state index contributed by atoms with van der Waals surface area (Å²) in [7, 11) is 0. The van der Waals surface area contributed by atoms with Crippen LogP contribution in [0.5, 0.6) is 5.75 Å². The molecule has 0 radical (unpaired) electrons. The van der Waals surface area contributed by atoms with E-state index in [4.69, 9.17) is 4.74 Å². The molecule has 0 aliphatic heterocycles. The van der Waals surface area contributed by atoms with Gasteiger partial charge in [0.05, 0.1) is 6.61 Å². The Morgan fingerprint density at radius 3 is 2.12 bits per heavy atom. The first-order chi connectivity index (χ1) is 11.8. The summed E-state index contributed by atoms with van der Waals surface area (Å²) in [5.74, 6) is 7.35. The molecule has 2 aromatic rings. The van der Waals surface area contributed by atoms with E-state index in [0.717, 1.165) is 49.2 Å². The molecule has 0 aliphatic carbocycles. The summed E-state index contributed by atoms with van der Waals surface area (Å²) in [4.78, 5) is 0. The molecule has 0 unspecified atom stereocenters. The third-order valence-electron chi connectivity index (χ3n) is 3.76. The summed E-state index contributed by atoms with van der Waals surface area (Å²) < 4.78 is 5.66. The van der Waals surface area contributed by atoms with Gasteiger partial charge in [-0.3, -0.25) is 0 Å². The quantitative estimate of drug-likeness (QED) is 0.357. The SMILES string of the molecule is CC=CCCc1ccc(C#Cc2ccc(OCCCC)cc2)cc1. The molecule has 24 heavy (non-hydrogen) atoms. The molecule has 1 heteroatoms. The standard InChI is InChI=1S/C23H26O/c1-3-5-7-8-20-9-11-21(12-10-20)13-14-22-15-17-23(18-16-22)24-19-6-4-2/h3,5,9-12,15-18H,4,6-8,19H2,1-2H3. The van der Waals surface area contributed by atoms with Crippen LogP contribution in [-0.4, -0.2) is 6.61 Å². The van der Waals surface area contributed by atoms with E-state index in [2.05, 4.69) is 62.1 Å². The number of rotatable bonds is 7. The van der Waals surface area contributed by atoms with E-state index in [1.807, 2.05) is 24.3 Å². The number of hydrogen-bond donors (Lipinski definition) is 0. The maximum Gasteiger partial charge on any atom is 0.119 e. The second-order valence-corrected chi connectivity index (χ2v) is 5.78. The van der Waals surface area contributed by atoms with Crippen molar-refractivity contribution >= 4 is 0 Å². The molecule has 0 heterocycles. The second kappa shape index (κ2) is 10.3. The lowest BCUT2D eigenvalue weighted by atomic mass is 10.1. The van der Waals surface area contributed by atoms with Gasteiger partial charge in [0.1, 0.15) is 5.75 Å². The lowest BCUT2D eigenvalue weighted by Crippen LogP contribution is -1.95. The minimum atomic E-state index is 0.780. The molecular weight excluding hydrogens is 292 g/mol. The zero-order chi connectivity index (χ0) is 17.0. The zero-order valence-corrected chi connectivity index (χ0v) is 14.7. The zero-order valence-electron chi connectivity index (χ0n) is 14.7. The second-order valence-electron chi connectivity index (χ2n) is 5.78. The van der Waals surface area contributed by atoms with E-state index in [9.17, 15) is 0 Å². The van der Waals surface area contributed by atoms with Crippen LogP contribution in [0.2, 0.25) is 0 Å². The predicted molar refractivity (Wildman–Crippen MR) is 102 cm³/mol. The van der Waals surface area contributed by atoms with Crippen LogP contribution >= 0.6 is 0 Å². The van der Waals surface area contributed by atoms with Gasteiger partial charge in [0.15, 0.2) is 0 Å². The van der Waals surface area contributed by atoms with Gasteiger partial charge in [-0.1, -0.05) is 49.5 Å². The molecule has 1 nitrogen and oxygen atoms in total. The van der Waals surface area contributed by atoms with Gasteiger partial charge in [-0.15, -0.1) is 0 Å². The van der Waals surface area contributed by atoms with Gasteiger partial charge < -0.3 is 4.74 Å². The monoisotopic (exact) mass is 318 g/mol. The van der Waals surface area contributed by atoms with Crippen LogP contribution in [0.25, 0.3) is 0 Å². The minimum Gasteiger partial charge on any atom is -0.494 e. The van der Waals surface area contributed by atoms with Crippen LogP contribution in [0.15, 0.2) is 60.7 Å². The molecule has 0 aliphatic rings. The van der Waals surface area contributed by atoms with Gasteiger partial charge in [0, 0.05) is 11.1 Å². The average Bonchev–Trinajstić information content (AvgIpc) is 2.63. The maximum atomic E-state index is 5.66. The fourth-order valence-electron chi connectivity index (χ4n) is 2.28. The molecule has 0 spiro atoms. The number of ether oxygens (including phenoxy) is 1. The third kappa shape index (κ3) is 6.34. The molecule has 0 fully saturated rings. The Morgan fingerprint density at radius 2 is 1.54 bits per heavy atom. The van der Waals surface area contributed by atoms with E-state index in [1.165, 1.54) is 5.56 Å². The first kappa shape index (κ1) is 17.9.